The summed E-state index contributed by atoms with van der Waals surface area (Å²) in [6.07, 6.45) is 1.64. The number of carbonyl (C=O) groups excluding carboxylic acids is 2. The first kappa shape index (κ1) is 17.6. The van der Waals surface area contributed by atoms with Gasteiger partial charge in [0.05, 0.1) is 23.4 Å². The average Bonchev–Trinajstić information content (AvgIpc) is 2.61. The van der Waals surface area contributed by atoms with Crippen LogP contribution in [-0.4, -0.2) is 25.6 Å². The van der Waals surface area contributed by atoms with Crippen LogP contribution >= 0.6 is 11.6 Å². The van der Waals surface area contributed by atoms with Crippen LogP contribution in [0.5, 0.6) is 5.75 Å². The number of ether oxygens (including phenoxy) is 2. The van der Waals surface area contributed by atoms with E-state index in [1.807, 2.05) is 0 Å². The van der Waals surface area contributed by atoms with Crippen molar-refractivity contribution in [1.82, 2.24) is 0 Å². The van der Waals surface area contributed by atoms with E-state index in [0.29, 0.717) is 34.2 Å². The molecule has 0 aliphatic heterocycles. The zero-order valence-electron chi connectivity index (χ0n) is 13.0. The second-order valence-corrected chi connectivity index (χ2v) is 5.17. The first-order valence-corrected chi connectivity index (χ1v) is 7.46. The summed E-state index contributed by atoms with van der Waals surface area (Å²) in [5.41, 5.74) is 1.06. The van der Waals surface area contributed by atoms with Crippen molar-refractivity contribution in [1.29, 1.82) is 0 Å². The first-order chi connectivity index (χ1) is 11.5. The van der Waals surface area contributed by atoms with Crippen LogP contribution in [0.25, 0.3) is 0 Å². The SMILES string of the molecule is C=CCOc1ccc(C(=O)Nc2cc(C(=O)OC)ccc2Cl)cc1. The molecule has 0 aromatic heterocycles. The van der Waals surface area contributed by atoms with Crippen LogP contribution in [0.3, 0.4) is 0 Å². The van der Waals surface area contributed by atoms with E-state index in [1.54, 1.807) is 30.3 Å². The van der Waals surface area contributed by atoms with Crippen LogP contribution < -0.4 is 10.1 Å². The number of esters is 1. The monoisotopic (exact) mass is 345 g/mol. The minimum absolute atomic E-state index is 0.297. The fraction of sp³-hybridized carbons (Fsp3) is 0.111. The van der Waals surface area contributed by atoms with Crippen LogP contribution in [0.1, 0.15) is 20.7 Å². The van der Waals surface area contributed by atoms with Crippen molar-refractivity contribution in [2.75, 3.05) is 19.0 Å². The second-order valence-electron chi connectivity index (χ2n) is 4.76. The number of anilines is 1. The van der Waals surface area contributed by atoms with Gasteiger partial charge in [0.1, 0.15) is 12.4 Å². The molecule has 6 heteroatoms. The Labute approximate surface area is 144 Å². The maximum atomic E-state index is 12.3. The summed E-state index contributed by atoms with van der Waals surface area (Å²) >= 11 is 6.06. The Hall–Kier alpha value is -2.79. The fourth-order valence-electron chi connectivity index (χ4n) is 1.92. The molecule has 0 spiro atoms. The van der Waals surface area contributed by atoms with Crippen molar-refractivity contribution in [2.45, 2.75) is 0 Å². The van der Waals surface area contributed by atoms with Crippen LogP contribution in [0.4, 0.5) is 5.69 Å². The molecule has 0 unspecified atom stereocenters. The summed E-state index contributed by atoms with van der Waals surface area (Å²) in [5.74, 6) is -0.225. The molecule has 0 saturated carbocycles. The number of amides is 1. The Bertz CT molecular complexity index is 756. The molecule has 0 heterocycles. The Kier molecular flexibility index (Phi) is 5.98. The molecule has 24 heavy (non-hydrogen) atoms. The van der Waals surface area contributed by atoms with Crippen LogP contribution in [0, 0.1) is 0 Å². The van der Waals surface area contributed by atoms with E-state index >= 15 is 0 Å². The maximum Gasteiger partial charge on any atom is 0.337 e. The van der Waals surface area contributed by atoms with E-state index in [-0.39, 0.29) is 5.91 Å². The van der Waals surface area contributed by atoms with Gasteiger partial charge in [-0.1, -0.05) is 24.3 Å². The molecule has 1 N–H and O–H groups in total. The van der Waals surface area contributed by atoms with Crippen LogP contribution in [-0.2, 0) is 4.74 Å². The van der Waals surface area contributed by atoms with Gasteiger partial charge >= 0.3 is 5.97 Å². The van der Waals surface area contributed by atoms with Gasteiger partial charge in [-0.2, -0.15) is 0 Å². The highest BCUT2D eigenvalue weighted by Gasteiger charge is 2.12. The summed E-state index contributed by atoms with van der Waals surface area (Å²) in [4.78, 5) is 23.9. The number of hydrogen-bond donors (Lipinski definition) is 1. The lowest BCUT2D eigenvalue weighted by Crippen LogP contribution is -2.13. The van der Waals surface area contributed by atoms with Crippen LogP contribution in [0.2, 0.25) is 5.02 Å². The molecule has 2 rings (SSSR count). The van der Waals surface area contributed by atoms with Gasteiger partial charge in [-0.15, -0.1) is 0 Å². The average molecular weight is 346 g/mol. The number of carbonyl (C=O) groups is 2. The molecule has 0 bridgehead atoms. The summed E-state index contributed by atoms with van der Waals surface area (Å²) in [7, 11) is 1.28. The predicted octanol–water partition coefficient (Wildman–Crippen LogP) is 3.94. The smallest absolute Gasteiger partial charge is 0.337 e. The Morgan fingerprint density at radius 3 is 2.46 bits per heavy atom. The number of benzene rings is 2. The number of nitrogens with one attached hydrogen (secondary N) is 1. The minimum Gasteiger partial charge on any atom is -0.490 e. The molecule has 2 aromatic carbocycles. The molecular formula is C18H16ClNO4. The van der Waals surface area contributed by atoms with Gasteiger partial charge in [-0.3, -0.25) is 4.79 Å². The minimum atomic E-state index is -0.508. The number of rotatable bonds is 6. The van der Waals surface area contributed by atoms with E-state index in [2.05, 4.69) is 16.6 Å². The summed E-state index contributed by atoms with van der Waals surface area (Å²) in [6, 6.07) is 11.1. The zero-order chi connectivity index (χ0) is 17.5. The predicted molar refractivity (Wildman–Crippen MR) is 92.9 cm³/mol. The van der Waals surface area contributed by atoms with Gasteiger partial charge in [0, 0.05) is 5.56 Å². The topological polar surface area (TPSA) is 64.6 Å². The maximum absolute atomic E-state index is 12.3. The lowest BCUT2D eigenvalue weighted by molar-refractivity contribution is 0.0600. The van der Waals surface area contributed by atoms with Gasteiger partial charge in [-0.05, 0) is 42.5 Å². The van der Waals surface area contributed by atoms with Gasteiger partial charge in [0.15, 0.2) is 0 Å². The van der Waals surface area contributed by atoms with Gasteiger partial charge in [0.25, 0.3) is 5.91 Å². The van der Waals surface area contributed by atoms with Crippen molar-refractivity contribution < 1.29 is 19.1 Å². The molecule has 0 atom stereocenters. The summed E-state index contributed by atoms with van der Waals surface area (Å²) in [5, 5.41) is 2.99. The highest BCUT2D eigenvalue weighted by atomic mass is 35.5. The van der Waals surface area contributed by atoms with Gasteiger partial charge < -0.3 is 14.8 Å². The lowest BCUT2D eigenvalue weighted by atomic mass is 10.1. The number of halogens is 1. The van der Waals surface area contributed by atoms with Crippen molar-refractivity contribution in [3.05, 3.63) is 71.3 Å². The van der Waals surface area contributed by atoms with Crippen molar-refractivity contribution in [3.8, 4) is 5.75 Å². The quantitative estimate of drug-likeness (QED) is 0.636. The first-order valence-electron chi connectivity index (χ1n) is 7.08. The molecule has 0 fully saturated rings. The third-order valence-corrected chi connectivity index (χ3v) is 3.45. The fourth-order valence-corrected chi connectivity index (χ4v) is 2.08. The molecule has 0 aliphatic carbocycles. The largest absolute Gasteiger partial charge is 0.490 e. The molecular weight excluding hydrogens is 330 g/mol. The van der Waals surface area contributed by atoms with Crippen molar-refractivity contribution >= 4 is 29.2 Å². The Morgan fingerprint density at radius 2 is 1.83 bits per heavy atom. The second kappa shape index (κ2) is 8.17. The molecule has 124 valence electrons. The lowest BCUT2D eigenvalue weighted by Gasteiger charge is -2.09. The highest BCUT2D eigenvalue weighted by Crippen LogP contribution is 2.24. The molecule has 0 radical (unpaired) electrons. The molecule has 1 amide bonds. The Morgan fingerprint density at radius 1 is 1.17 bits per heavy atom. The van der Waals surface area contributed by atoms with Crippen molar-refractivity contribution in [3.63, 3.8) is 0 Å². The van der Waals surface area contributed by atoms with E-state index in [4.69, 9.17) is 16.3 Å². The van der Waals surface area contributed by atoms with E-state index < -0.39 is 5.97 Å². The Balaban J connectivity index is 2.14. The third kappa shape index (κ3) is 4.36. The third-order valence-electron chi connectivity index (χ3n) is 3.12. The summed E-state index contributed by atoms with van der Waals surface area (Å²) in [6.45, 7) is 3.96. The van der Waals surface area contributed by atoms with Gasteiger partial charge in [-0.25, -0.2) is 4.79 Å². The van der Waals surface area contributed by atoms with Crippen LogP contribution in [0.15, 0.2) is 55.1 Å². The molecule has 0 aliphatic rings. The van der Waals surface area contributed by atoms with Crippen molar-refractivity contribution in [2.24, 2.45) is 0 Å². The van der Waals surface area contributed by atoms with E-state index in [0.717, 1.165) is 0 Å². The molecule has 2 aromatic rings. The van der Waals surface area contributed by atoms with Gasteiger partial charge in [0.2, 0.25) is 0 Å². The number of methoxy groups -OCH3 is 1. The summed E-state index contributed by atoms with van der Waals surface area (Å²) < 4.78 is 10.0. The standard InChI is InChI=1S/C18H16ClNO4/c1-3-10-24-14-7-4-12(5-8-14)17(21)20-16-11-13(18(22)23-2)6-9-15(16)19/h3-9,11H,1,10H2,2H3,(H,20,21). The zero-order valence-corrected chi connectivity index (χ0v) is 13.8. The highest BCUT2D eigenvalue weighted by molar-refractivity contribution is 6.34. The molecule has 0 saturated heterocycles. The van der Waals surface area contributed by atoms with E-state index in [9.17, 15) is 9.59 Å². The number of hydrogen-bond acceptors (Lipinski definition) is 4. The normalized spacial score (nSPS) is 9.92. The molecule has 5 nitrogen and oxygen atoms in total. The van der Waals surface area contributed by atoms with E-state index in [1.165, 1.54) is 25.3 Å².